The molecule has 0 radical (unpaired) electrons. The van der Waals surface area contributed by atoms with E-state index in [1.165, 1.54) is 24.2 Å². The van der Waals surface area contributed by atoms with E-state index in [4.69, 9.17) is 4.98 Å². The Morgan fingerprint density at radius 3 is 2.68 bits per heavy atom. The summed E-state index contributed by atoms with van der Waals surface area (Å²) in [5, 5.41) is 12.3. The van der Waals surface area contributed by atoms with E-state index < -0.39 is 19.1 Å². The van der Waals surface area contributed by atoms with Gasteiger partial charge in [-0.25, -0.2) is 28.1 Å². The standard InChI is InChI=1S/C23H27F2N7O3S.ClH/c1-13(14-2-3-14)27-19-10-17(29-20(30-19)16-11-26-32-8-9-36-22(16)32)21(33)31-6-4-15(5-7-31)28-23(34)35-12-18(24)25;/h8-11,13-15,18H,2-7,12H2,1H3,(H,28,34)(H,27,29,30);1H. The zero-order valence-electron chi connectivity index (χ0n) is 20.1. The lowest BCUT2D eigenvalue weighted by Crippen LogP contribution is -2.47. The molecule has 3 aromatic heterocycles. The van der Waals surface area contributed by atoms with E-state index in [-0.39, 0.29) is 36.1 Å². The van der Waals surface area contributed by atoms with Gasteiger partial charge in [0.2, 0.25) is 0 Å². The molecule has 200 valence electrons. The summed E-state index contributed by atoms with van der Waals surface area (Å²) in [6.07, 6.45) is 3.29. The molecule has 37 heavy (non-hydrogen) atoms. The first-order chi connectivity index (χ1) is 17.4. The van der Waals surface area contributed by atoms with Crippen LogP contribution in [0.3, 0.4) is 0 Å². The Morgan fingerprint density at radius 2 is 1.97 bits per heavy atom. The smallest absolute Gasteiger partial charge is 0.407 e. The number of ether oxygens (including phenoxy) is 1. The van der Waals surface area contributed by atoms with Crippen LogP contribution in [0.4, 0.5) is 19.4 Å². The Hall–Kier alpha value is -3.06. The summed E-state index contributed by atoms with van der Waals surface area (Å²) < 4.78 is 30.7. The van der Waals surface area contributed by atoms with Crippen molar-refractivity contribution >= 4 is 46.4 Å². The van der Waals surface area contributed by atoms with Crippen LogP contribution in [0.5, 0.6) is 0 Å². The molecule has 0 spiro atoms. The van der Waals surface area contributed by atoms with Gasteiger partial charge in [-0.05, 0) is 38.5 Å². The van der Waals surface area contributed by atoms with Gasteiger partial charge in [0.05, 0.1) is 11.8 Å². The molecular weight excluding hydrogens is 528 g/mol. The molecule has 2 N–H and O–H groups in total. The van der Waals surface area contributed by atoms with Gasteiger partial charge < -0.3 is 20.3 Å². The fourth-order valence-electron chi connectivity index (χ4n) is 4.32. The van der Waals surface area contributed by atoms with E-state index >= 15 is 0 Å². The van der Waals surface area contributed by atoms with Crippen LogP contribution in [0.25, 0.3) is 16.2 Å². The van der Waals surface area contributed by atoms with Crippen molar-refractivity contribution < 1.29 is 23.1 Å². The van der Waals surface area contributed by atoms with E-state index in [0.717, 1.165) is 10.4 Å². The summed E-state index contributed by atoms with van der Waals surface area (Å²) in [7, 11) is 0. The van der Waals surface area contributed by atoms with Crippen molar-refractivity contribution in [2.24, 2.45) is 5.92 Å². The molecule has 0 aromatic carbocycles. The molecule has 4 heterocycles. The van der Waals surface area contributed by atoms with Gasteiger partial charge in [-0.3, -0.25) is 4.79 Å². The van der Waals surface area contributed by atoms with Crippen LogP contribution in [0.2, 0.25) is 0 Å². The summed E-state index contributed by atoms with van der Waals surface area (Å²) in [5.74, 6) is 1.40. The van der Waals surface area contributed by atoms with Crippen LogP contribution in [0.15, 0.2) is 23.8 Å². The molecule has 5 rings (SSSR count). The highest BCUT2D eigenvalue weighted by Gasteiger charge is 2.30. The molecule has 10 nitrogen and oxygen atoms in total. The molecular formula is C23H28ClF2N7O3S. The number of nitrogens with zero attached hydrogens (tertiary/aromatic N) is 5. The number of carbonyl (C=O) groups excluding carboxylic acids is 2. The van der Waals surface area contributed by atoms with Crippen LogP contribution >= 0.6 is 23.7 Å². The Balaban J connectivity index is 0.00000320. The predicted octanol–water partition coefficient (Wildman–Crippen LogP) is 4.08. The third kappa shape index (κ3) is 6.45. The lowest BCUT2D eigenvalue weighted by Gasteiger charge is -2.32. The second kappa shape index (κ2) is 11.5. The SMILES string of the molecule is CC(Nc1cc(C(=O)N2CCC(NC(=O)OCC(F)F)CC2)nc(-c2cnn3ccsc23)n1)C1CC1.Cl. The van der Waals surface area contributed by atoms with E-state index in [1.807, 2.05) is 11.6 Å². The molecule has 1 aliphatic carbocycles. The van der Waals surface area contributed by atoms with Gasteiger partial charge in [0, 0.05) is 42.8 Å². The first kappa shape index (κ1) is 27.0. The van der Waals surface area contributed by atoms with Crippen LogP contribution in [0.1, 0.15) is 43.1 Å². The van der Waals surface area contributed by atoms with Crippen molar-refractivity contribution in [3.8, 4) is 11.4 Å². The van der Waals surface area contributed by atoms with Crippen LogP contribution in [-0.2, 0) is 4.74 Å². The maximum absolute atomic E-state index is 13.4. The highest BCUT2D eigenvalue weighted by molar-refractivity contribution is 7.16. The van der Waals surface area contributed by atoms with Crippen molar-refractivity contribution in [2.75, 3.05) is 25.0 Å². The van der Waals surface area contributed by atoms with Crippen LogP contribution in [0, 0.1) is 5.92 Å². The van der Waals surface area contributed by atoms with Crippen molar-refractivity contribution in [1.29, 1.82) is 0 Å². The third-order valence-electron chi connectivity index (χ3n) is 6.47. The summed E-state index contributed by atoms with van der Waals surface area (Å²) >= 11 is 1.52. The molecule has 1 saturated carbocycles. The zero-order valence-corrected chi connectivity index (χ0v) is 21.7. The second-order valence-corrected chi connectivity index (χ2v) is 10.0. The van der Waals surface area contributed by atoms with Crippen LogP contribution < -0.4 is 10.6 Å². The lowest BCUT2D eigenvalue weighted by atomic mass is 10.0. The van der Waals surface area contributed by atoms with E-state index in [9.17, 15) is 18.4 Å². The van der Waals surface area contributed by atoms with Gasteiger partial charge in [-0.1, -0.05) is 0 Å². The monoisotopic (exact) mass is 555 g/mol. The van der Waals surface area contributed by atoms with E-state index in [1.54, 1.807) is 21.7 Å². The average molecular weight is 556 g/mol. The van der Waals surface area contributed by atoms with Crippen LogP contribution in [-0.4, -0.2) is 74.7 Å². The molecule has 3 aromatic rings. The number of fused-ring (bicyclic) bond motifs is 1. The Kier molecular flexibility index (Phi) is 8.42. The number of rotatable bonds is 8. The first-order valence-corrected chi connectivity index (χ1v) is 12.8. The highest BCUT2D eigenvalue weighted by Crippen LogP contribution is 2.34. The normalized spacial score (nSPS) is 16.9. The number of hydrogen-bond acceptors (Lipinski definition) is 8. The number of nitrogens with one attached hydrogen (secondary N) is 2. The van der Waals surface area contributed by atoms with Gasteiger partial charge in [-0.15, -0.1) is 23.7 Å². The van der Waals surface area contributed by atoms with Crippen molar-refractivity contribution in [2.45, 2.75) is 51.1 Å². The molecule has 2 aliphatic rings. The zero-order chi connectivity index (χ0) is 25.2. The number of carbonyl (C=O) groups is 2. The van der Waals surface area contributed by atoms with Gasteiger partial charge >= 0.3 is 6.09 Å². The highest BCUT2D eigenvalue weighted by atomic mass is 35.5. The Labute approximate surface area is 222 Å². The number of amides is 2. The van der Waals surface area contributed by atoms with E-state index in [2.05, 4.69) is 32.4 Å². The van der Waals surface area contributed by atoms with Crippen molar-refractivity contribution in [3.63, 3.8) is 0 Å². The second-order valence-electron chi connectivity index (χ2n) is 9.14. The number of hydrogen-bond donors (Lipinski definition) is 2. The Morgan fingerprint density at radius 1 is 1.22 bits per heavy atom. The molecule has 1 unspecified atom stereocenters. The first-order valence-electron chi connectivity index (χ1n) is 11.9. The maximum atomic E-state index is 13.4. The minimum Gasteiger partial charge on any atom is -0.443 e. The average Bonchev–Trinajstić information content (AvgIpc) is 3.49. The Bertz CT molecular complexity index is 1240. The van der Waals surface area contributed by atoms with Gasteiger partial charge in [-0.2, -0.15) is 5.10 Å². The minimum atomic E-state index is -2.71. The summed E-state index contributed by atoms with van der Waals surface area (Å²) in [6, 6.07) is 1.67. The quantitative estimate of drug-likeness (QED) is 0.430. The lowest BCUT2D eigenvalue weighted by molar-refractivity contribution is 0.0456. The van der Waals surface area contributed by atoms with Gasteiger partial charge in [0.1, 0.15) is 16.3 Å². The number of likely N-dealkylation sites (tertiary alicyclic amines) is 1. The topological polar surface area (TPSA) is 114 Å². The molecule has 1 saturated heterocycles. The van der Waals surface area contributed by atoms with E-state index in [0.29, 0.717) is 43.5 Å². The van der Waals surface area contributed by atoms with Gasteiger partial charge in [0.25, 0.3) is 12.3 Å². The fourth-order valence-corrected chi connectivity index (χ4v) is 5.11. The molecule has 1 atom stereocenters. The number of alkyl halides is 2. The third-order valence-corrected chi connectivity index (χ3v) is 7.35. The van der Waals surface area contributed by atoms with Crippen molar-refractivity contribution in [3.05, 3.63) is 29.5 Å². The number of alkyl carbamates (subject to hydrolysis) is 1. The maximum Gasteiger partial charge on any atom is 0.407 e. The fraction of sp³-hybridized carbons (Fsp3) is 0.522. The summed E-state index contributed by atoms with van der Waals surface area (Å²) in [5.41, 5.74) is 1.04. The number of thiazole rings is 1. The number of aromatic nitrogens is 4. The summed E-state index contributed by atoms with van der Waals surface area (Å²) in [4.78, 5) is 37.0. The largest absolute Gasteiger partial charge is 0.443 e. The summed E-state index contributed by atoms with van der Waals surface area (Å²) in [6.45, 7) is 1.96. The van der Waals surface area contributed by atoms with Gasteiger partial charge in [0.15, 0.2) is 12.4 Å². The minimum absolute atomic E-state index is 0. The molecule has 2 fully saturated rings. The molecule has 0 bridgehead atoms. The van der Waals surface area contributed by atoms with Crippen molar-refractivity contribution in [1.82, 2.24) is 29.8 Å². The predicted molar refractivity (Wildman–Crippen MR) is 137 cm³/mol. The molecule has 2 amide bonds. The molecule has 14 heteroatoms. The number of halogens is 3. The molecule has 1 aliphatic heterocycles. The number of piperidine rings is 1. The number of anilines is 1.